The Morgan fingerprint density at radius 3 is 2.15 bits per heavy atom. The van der Waals surface area contributed by atoms with E-state index in [1.807, 2.05) is 63.4 Å². The second-order valence-corrected chi connectivity index (χ2v) is 9.51. The summed E-state index contributed by atoms with van der Waals surface area (Å²) in [5.74, 6) is -3.36. The highest BCUT2D eigenvalue weighted by molar-refractivity contribution is 6.08. The Morgan fingerprint density at radius 1 is 1.00 bits per heavy atom. The van der Waals surface area contributed by atoms with Crippen LogP contribution in [-0.2, 0) is 9.59 Å². The maximum Gasteiger partial charge on any atom is 0.490 e. The van der Waals surface area contributed by atoms with Crippen molar-refractivity contribution in [1.29, 1.82) is 0 Å². The van der Waals surface area contributed by atoms with E-state index < -0.39 is 29.6 Å². The molecule has 0 aliphatic heterocycles. The Labute approximate surface area is 227 Å². The van der Waals surface area contributed by atoms with Crippen LogP contribution in [0.15, 0.2) is 89.9 Å². The molecule has 9 nitrogen and oxygen atoms in total. The van der Waals surface area contributed by atoms with Crippen LogP contribution >= 0.6 is 0 Å². The fourth-order valence-electron chi connectivity index (χ4n) is 3.61. The molecule has 0 bridgehead atoms. The van der Waals surface area contributed by atoms with Gasteiger partial charge in [-0.25, -0.2) is 4.79 Å². The molecule has 0 fully saturated rings. The maximum absolute atomic E-state index is 13.6. The lowest BCUT2D eigenvalue weighted by molar-refractivity contribution is -0.192. The monoisotopic (exact) mass is 556 g/mol. The zero-order valence-electron chi connectivity index (χ0n) is 21.8. The van der Waals surface area contributed by atoms with Crippen LogP contribution in [0.2, 0.25) is 0 Å². The zero-order valence-corrected chi connectivity index (χ0v) is 21.8. The third-order valence-corrected chi connectivity index (χ3v) is 5.25. The number of alkyl halides is 3. The number of nitrogens with zero attached hydrogens (tertiary/aromatic N) is 2. The highest BCUT2D eigenvalue weighted by Crippen LogP contribution is 2.31. The Balaban J connectivity index is 0.000000559. The number of carboxylic acid groups (broad SMARTS) is 1. The van der Waals surface area contributed by atoms with E-state index in [0.29, 0.717) is 11.3 Å². The van der Waals surface area contributed by atoms with Gasteiger partial charge in [-0.2, -0.15) is 13.2 Å². The van der Waals surface area contributed by atoms with Gasteiger partial charge in [0, 0.05) is 41.1 Å². The van der Waals surface area contributed by atoms with Gasteiger partial charge >= 0.3 is 12.1 Å². The average Bonchev–Trinajstić information content (AvgIpc) is 3.61. The molecule has 0 aliphatic carbocycles. The lowest BCUT2D eigenvalue weighted by Crippen LogP contribution is -2.49. The molecule has 12 heteroatoms. The number of rotatable bonds is 6. The van der Waals surface area contributed by atoms with Crippen molar-refractivity contribution in [1.82, 2.24) is 15.3 Å². The number of furan rings is 1. The van der Waals surface area contributed by atoms with Crippen molar-refractivity contribution in [3.8, 4) is 11.3 Å². The molecule has 0 saturated heterocycles. The topological polar surface area (TPSA) is 129 Å². The SMILES string of the molecule is CC(C)(C)NC(=O)C(c1cccnc1)N(C(=O)c1ccco1)c1ccc(-c2ccc[nH]2)cc1.O=C(O)C(F)(F)F. The summed E-state index contributed by atoms with van der Waals surface area (Å²) >= 11 is 0. The number of nitrogens with one attached hydrogen (secondary N) is 2. The van der Waals surface area contributed by atoms with Crippen LogP contribution in [0.4, 0.5) is 18.9 Å². The molecule has 0 radical (unpaired) electrons. The molecule has 1 unspecified atom stereocenters. The number of carbonyl (C=O) groups excluding carboxylic acids is 2. The predicted octanol–water partition coefficient (Wildman–Crippen LogP) is 5.61. The van der Waals surface area contributed by atoms with Gasteiger partial charge in [-0.15, -0.1) is 0 Å². The van der Waals surface area contributed by atoms with Crippen LogP contribution in [0, 0.1) is 0 Å². The first kappa shape index (κ1) is 29.7. The van der Waals surface area contributed by atoms with Crippen LogP contribution in [0.1, 0.15) is 42.9 Å². The Morgan fingerprint density at radius 2 is 1.68 bits per heavy atom. The van der Waals surface area contributed by atoms with E-state index in [1.54, 1.807) is 36.7 Å². The van der Waals surface area contributed by atoms with E-state index in [4.69, 9.17) is 14.3 Å². The van der Waals surface area contributed by atoms with E-state index in [-0.39, 0.29) is 11.7 Å². The summed E-state index contributed by atoms with van der Waals surface area (Å²) in [7, 11) is 0. The zero-order chi connectivity index (χ0) is 29.5. The minimum atomic E-state index is -5.08. The Bertz CT molecular complexity index is 1400. The number of aliphatic carboxylic acids is 1. The quantitative estimate of drug-likeness (QED) is 0.283. The smallest absolute Gasteiger partial charge is 0.475 e. The largest absolute Gasteiger partial charge is 0.490 e. The summed E-state index contributed by atoms with van der Waals surface area (Å²) < 4.78 is 37.1. The van der Waals surface area contributed by atoms with Crippen molar-refractivity contribution in [2.24, 2.45) is 0 Å². The van der Waals surface area contributed by atoms with Gasteiger partial charge < -0.3 is 19.8 Å². The van der Waals surface area contributed by atoms with E-state index >= 15 is 0 Å². The van der Waals surface area contributed by atoms with Crippen molar-refractivity contribution in [2.45, 2.75) is 38.5 Å². The van der Waals surface area contributed by atoms with Crippen molar-refractivity contribution < 1.29 is 37.1 Å². The molecule has 3 heterocycles. The molecule has 0 spiro atoms. The minimum Gasteiger partial charge on any atom is -0.475 e. The lowest BCUT2D eigenvalue weighted by atomic mass is 10.0. The van der Waals surface area contributed by atoms with E-state index in [2.05, 4.69) is 15.3 Å². The molecule has 2 amide bonds. The molecule has 3 aromatic heterocycles. The summed E-state index contributed by atoms with van der Waals surface area (Å²) in [5.41, 5.74) is 2.58. The normalized spacial score (nSPS) is 12.1. The van der Waals surface area contributed by atoms with Crippen molar-refractivity contribution in [2.75, 3.05) is 4.90 Å². The minimum absolute atomic E-state index is 0.140. The summed E-state index contributed by atoms with van der Waals surface area (Å²) in [6.45, 7) is 5.69. The van der Waals surface area contributed by atoms with Crippen molar-refractivity contribution in [3.63, 3.8) is 0 Å². The summed E-state index contributed by atoms with van der Waals surface area (Å²) in [4.78, 5) is 44.9. The van der Waals surface area contributed by atoms with Gasteiger partial charge in [0.25, 0.3) is 5.91 Å². The molecule has 0 aliphatic rings. The number of benzene rings is 1. The third kappa shape index (κ3) is 7.82. The van der Waals surface area contributed by atoms with Crippen LogP contribution in [0.25, 0.3) is 11.3 Å². The molecular formula is C28H27F3N4O5. The highest BCUT2D eigenvalue weighted by Gasteiger charge is 2.38. The number of H-pyrrole nitrogens is 1. The predicted molar refractivity (Wildman–Crippen MR) is 140 cm³/mol. The summed E-state index contributed by atoms with van der Waals surface area (Å²) in [6, 6.07) is 17.2. The number of pyridine rings is 1. The fourth-order valence-corrected chi connectivity index (χ4v) is 3.61. The first-order valence-corrected chi connectivity index (χ1v) is 11.9. The summed E-state index contributed by atoms with van der Waals surface area (Å²) in [5, 5.41) is 10.1. The first-order valence-electron chi connectivity index (χ1n) is 11.9. The van der Waals surface area contributed by atoms with E-state index in [9.17, 15) is 22.8 Å². The standard InChI is InChI=1S/C26H26N4O3.C2HF3O2/c1-26(2,3)29-24(31)23(19-7-4-14-27-17-19)30(25(32)22-9-6-16-33-22)20-12-10-18(11-13-20)21-8-5-15-28-21;3-2(4,5)1(6)7/h4-17,23,28H,1-3H3,(H,29,31);(H,6,7). The van der Waals surface area contributed by atoms with Crippen LogP contribution in [0.3, 0.4) is 0 Å². The molecule has 4 rings (SSSR count). The number of carbonyl (C=O) groups is 3. The van der Waals surface area contributed by atoms with Crippen molar-refractivity contribution in [3.05, 3.63) is 96.8 Å². The molecule has 4 aromatic rings. The van der Waals surface area contributed by atoms with Crippen LogP contribution in [-0.4, -0.2) is 44.6 Å². The number of amides is 2. The molecule has 1 atom stereocenters. The average molecular weight is 557 g/mol. The first-order chi connectivity index (χ1) is 18.8. The highest BCUT2D eigenvalue weighted by atomic mass is 19.4. The number of halogens is 3. The molecule has 1 aromatic carbocycles. The van der Waals surface area contributed by atoms with Gasteiger partial charge in [-0.3, -0.25) is 19.5 Å². The Kier molecular flexibility index (Phi) is 9.15. The fraction of sp³-hybridized carbons (Fsp3) is 0.214. The molecule has 40 heavy (non-hydrogen) atoms. The number of hydrogen-bond acceptors (Lipinski definition) is 5. The maximum atomic E-state index is 13.6. The number of aromatic amines is 1. The number of anilines is 1. The second kappa shape index (κ2) is 12.3. The van der Waals surface area contributed by atoms with Gasteiger partial charge in [-0.1, -0.05) is 18.2 Å². The molecule has 210 valence electrons. The van der Waals surface area contributed by atoms with E-state index in [0.717, 1.165) is 11.3 Å². The number of carboxylic acids is 1. The van der Waals surface area contributed by atoms with Gasteiger partial charge in [0.15, 0.2) is 5.76 Å². The van der Waals surface area contributed by atoms with Gasteiger partial charge in [0.1, 0.15) is 6.04 Å². The Hall–Kier alpha value is -4.87. The number of aromatic nitrogens is 2. The van der Waals surface area contributed by atoms with Crippen molar-refractivity contribution >= 4 is 23.5 Å². The molecule has 3 N–H and O–H groups in total. The third-order valence-electron chi connectivity index (χ3n) is 5.25. The molecule has 0 saturated carbocycles. The van der Waals surface area contributed by atoms with Crippen LogP contribution in [0.5, 0.6) is 0 Å². The van der Waals surface area contributed by atoms with Crippen LogP contribution < -0.4 is 10.2 Å². The lowest BCUT2D eigenvalue weighted by Gasteiger charge is -2.33. The summed E-state index contributed by atoms with van der Waals surface area (Å²) in [6.07, 6.45) is 1.44. The second-order valence-electron chi connectivity index (χ2n) is 9.51. The van der Waals surface area contributed by atoms with Gasteiger partial charge in [0.05, 0.1) is 6.26 Å². The molecular weight excluding hydrogens is 529 g/mol. The van der Waals surface area contributed by atoms with Gasteiger partial charge in [0.2, 0.25) is 5.91 Å². The van der Waals surface area contributed by atoms with E-state index in [1.165, 1.54) is 11.2 Å². The van der Waals surface area contributed by atoms with Gasteiger partial charge in [-0.05, 0) is 68.8 Å². The number of hydrogen-bond donors (Lipinski definition) is 3.